The number of benzene rings is 1. The van der Waals surface area contributed by atoms with Gasteiger partial charge in [0.05, 0.1) is 10.8 Å². The number of carboxylic acid groups (broad SMARTS) is 1. The first-order valence-electron chi connectivity index (χ1n) is 8.45. The maximum absolute atomic E-state index is 12.6. The van der Waals surface area contributed by atoms with Gasteiger partial charge < -0.3 is 10.4 Å². The predicted octanol–water partition coefficient (Wildman–Crippen LogP) is 1.70. The molecule has 0 aromatic heterocycles. The Hall–Kier alpha value is -1.93. The Balaban J connectivity index is 2.21. The van der Waals surface area contributed by atoms with Crippen LogP contribution in [0.5, 0.6) is 0 Å². The Morgan fingerprint density at radius 2 is 1.92 bits per heavy atom. The molecule has 0 heterocycles. The van der Waals surface area contributed by atoms with Gasteiger partial charge in [0.25, 0.3) is 5.91 Å². The second-order valence-electron chi connectivity index (χ2n) is 6.07. The molecular formula is C17H24N2O5S. The third-order valence-electron chi connectivity index (χ3n) is 4.59. The summed E-state index contributed by atoms with van der Waals surface area (Å²) in [4.78, 5) is 23.7. The van der Waals surface area contributed by atoms with Gasteiger partial charge in [0.2, 0.25) is 10.0 Å². The summed E-state index contributed by atoms with van der Waals surface area (Å²) in [5.41, 5.74) is 0.212. The molecule has 2 atom stereocenters. The molecule has 1 aliphatic rings. The van der Waals surface area contributed by atoms with Crippen LogP contribution in [-0.2, 0) is 14.8 Å². The number of rotatable bonds is 7. The molecule has 0 unspecified atom stereocenters. The van der Waals surface area contributed by atoms with Crippen molar-refractivity contribution in [2.75, 3.05) is 13.1 Å². The highest BCUT2D eigenvalue weighted by Gasteiger charge is 2.34. The molecule has 2 N–H and O–H groups in total. The van der Waals surface area contributed by atoms with Gasteiger partial charge >= 0.3 is 5.97 Å². The normalized spacial score (nSPS) is 20.6. The van der Waals surface area contributed by atoms with Crippen LogP contribution in [0.1, 0.15) is 43.5 Å². The second kappa shape index (κ2) is 7.97. The van der Waals surface area contributed by atoms with Crippen LogP contribution in [0.25, 0.3) is 0 Å². The average Bonchev–Trinajstić information content (AvgIpc) is 3.04. The first-order valence-corrected chi connectivity index (χ1v) is 9.89. The molecule has 1 fully saturated rings. The average molecular weight is 368 g/mol. The van der Waals surface area contributed by atoms with Gasteiger partial charge in [0, 0.05) is 24.7 Å². The van der Waals surface area contributed by atoms with Crippen LogP contribution in [0.2, 0.25) is 0 Å². The van der Waals surface area contributed by atoms with Gasteiger partial charge in [-0.3, -0.25) is 9.59 Å². The molecule has 0 radical (unpaired) electrons. The van der Waals surface area contributed by atoms with Crippen LogP contribution in [-0.4, -0.2) is 48.8 Å². The smallest absolute Gasteiger partial charge is 0.308 e. The summed E-state index contributed by atoms with van der Waals surface area (Å²) in [6.07, 6.45) is 1.90. The predicted molar refractivity (Wildman–Crippen MR) is 92.8 cm³/mol. The molecule has 0 spiro atoms. The monoisotopic (exact) mass is 368 g/mol. The van der Waals surface area contributed by atoms with Crippen molar-refractivity contribution in [1.29, 1.82) is 0 Å². The third kappa shape index (κ3) is 4.19. The lowest BCUT2D eigenvalue weighted by Gasteiger charge is -2.20. The van der Waals surface area contributed by atoms with Crippen LogP contribution >= 0.6 is 0 Å². The lowest BCUT2D eigenvalue weighted by molar-refractivity contribution is -0.142. The molecule has 1 aromatic carbocycles. The molecule has 25 heavy (non-hydrogen) atoms. The molecule has 7 nitrogen and oxygen atoms in total. The molecular weight excluding hydrogens is 344 g/mol. The number of amides is 1. The van der Waals surface area contributed by atoms with Crippen molar-refractivity contribution in [1.82, 2.24) is 9.62 Å². The van der Waals surface area contributed by atoms with Gasteiger partial charge in [0.1, 0.15) is 0 Å². The minimum atomic E-state index is -3.65. The van der Waals surface area contributed by atoms with E-state index in [9.17, 15) is 23.1 Å². The number of aliphatic carboxylic acids is 1. The number of sulfonamides is 1. The fourth-order valence-electron chi connectivity index (χ4n) is 3.19. The molecule has 0 aliphatic heterocycles. The van der Waals surface area contributed by atoms with E-state index in [0.29, 0.717) is 25.9 Å². The van der Waals surface area contributed by atoms with Crippen molar-refractivity contribution in [3.8, 4) is 0 Å². The highest BCUT2D eigenvalue weighted by atomic mass is 32.2. The highest BCUT2D eigenvalue weighted by molar-refractivity contribution is 7.89. The molecule has 0 bridgehead atoms. The van der Waals surface area contributed by atoms with E-state index >= 15 is 0 Å². The Morgan fingerprint density at radius 3 is 2.52 bits per heavy atom. The third-order valence-corrected chi connectivity index (χ3v) is 6.63. The van der Waals surface area contributed by atoms with Crippen LogP contribution in [0, 0.1) is 5.92 Å². The lowest BCUT2D eigenvalue weighted by Crippen LogP contribution is -2.40. The van der Waals surface area contributed by atoms with E-state index < -0.39 is 33.9 Å². The maximum Gasteiger partial charge on any atom is 0.308 e. The number of hydrogen-bond donors (Lipinski definition) is 2. The Labute approximate surface area is 148 Å². The molecule has 0 saturated heterocycles. The highest BCUT2D eigenvalue weighted by Crippen LogP contribution is 2.26. The minimum Gasteiger partial charge on any atom is -0.481 e. The zero-order chi connectivity index (χ0) is 18.6. The van der Waals surface area contributed by atoms with Crippen molar-refractivity contribution in [3.05, 3.63) is 29.8 Å². The number of nitrogens with zero attached hydrogens (tertiary/aromatic N) is 1. The van der Waals surface area contributed by atoms with Crippen molar-refractivity contribution >= 4 is 21.9 Å². The number of hydrogen-bond acceptors (Lipinski definition) is 4. The van der Waals surface area contributed by atoms with Gasteiger partial charge in [0.15, 0.2) is 0 Å². The van der Waals surface area contributed by atoms with Crippen LogP contribution in [0.4, 0.5) is 0 Å². The van der Waals surface area contributed by atoms with Crippen LogP contribution in [0.3, 0.4) is 0 Å². The second-order valence-corrected chi connectivity index (χ2v) is 8.01. The van der Waals surface area contributed by atoms with Gasteiger partial charge in [-0.1, -0.05) is 26.3 Å². The van der Waals surface area contributed by atoms with Gasteiger partial charge in [-0.25, -0.2) is 8.42 Å². The SMILES string of the molecule is CCN(CC)S(=O)(=O)c1cccc(C(=O)N[C@@H]2CCC[C@@H]2C(=O)O)c1. The van der Waals surface area contributed by atoms with Crippen LogP contribution in [0.15, 0.2) is 29.2 Å². The van der Waals surface area contributed by atoms with E-state index in [2.05, 4.69) is 5.32 Å². The quantitative estimate of drug-likeness (QED) is 0.762. The van der Waals surface area contributed by atoms with Gasteiger partial charge in [-0.15, -0.1) is 0 Å². The Bertz CT molecular complexity index is 743. The summed E-state index contributed by atoms with van der Waals surface area (Å²) in [6.45, 7) is 4.20. The zero-order valence-electron chi connectivity index (χ0n) is 14.4. The molecule has 138 valence electrons. The first kappa shape index (κ1) is 19.4. The zero-order valence-corrected chi connectivity index (χ0v) is 15.3. The summed E-state index contributed by atoms with van der Waals surface area (Å²) in [6, 6.07) is 5.43. The lowest BCUT2D eigenvalue weighted by atomic mass is 10.0. The van der Waals surface area contributed by atoms with E-state index in [0.717, 1.165) is 6.42 Å². The number of nitrogens with one attached hydrogen (secondary N) is 1. The summed E-state index contributed by atoms with van der Waals surface area (Å²) in [5, 5.41) is 11.9. The number of carboxylic acids is 1. The summed E-state index contributed by atoms with van der Waals surface area (Å²) >= 11 is 0. The van der Waals surface area contributed by atoms with E-state index in [4.69, 9.17) is 0 Å². The van der Waals surface area contributed by atoms with Crippen molar-refractivity contribution in [2.24, 2.45) is 5.92 Å². The standard InChI is InChI=1S/C17H24N2O5S/c1-3-19(4-2)25(23,24)13-8-5-7-12(11-13)16(20)18-15-10-6-9-14(15)17(21)22/h5,7-8,11,14-15H,3-4,6,9-10H2,1-2H3,(H,18,20)(H,21,22)/t14-,15+/m0/s1. The summed E-state index contributed by atoms with van der Waals surface area (Å²) in [7, 11) is -3.65. The summed E-state index contributed by atoms with van der Waals surface area (Å²) in [5.74, 6) is -1.96. The van der Waals surface area contributed by atoms with Crippen molar-refractivity contribution in [3.63, 3.8) is 0 Å². The van der Waals surface area contributed by atoms with E-state index in [1.807, 2.05) is 0 Å². The van der Waals surface area contributed by atoms with E-state index in [1.165, 1.54) is 28.6 Å². The van der Waals surface area contributed by atoms with E-state index in [-0.39, 0.29) is 10.5 Å². The fourth-order valence-corrected chi connectivity index (χ4v) is 4.69. The fraction of sp³-hybridized carbons (Fsp3) is 0.529. The molecule has 1 aliphatic carbocycles. The molecule has 1 aromatic rings. The molecule has 1 saturated carbocycles. The Kier molecular flexibility index (Phi) is 6.18. The van der Waals surface area contributed by atoms with E-state index in [1.54, 1.807) is 13.8 Å². The van der Waals surface area contributed by atoms with Gasteiger partial charge in [-0.2, -0.15) is 4.31 Å². The maximum atomic E-state index is 12.6. The first-order chi connectivity index (χ1) is 11.8. The van der Waals surface area contributed by atoms with Crippen LogP contribution < -0.4 is 5.32 Å². The minimum absolute atomic E-state index is 0.0602. The Morgan fingerprint density at radius 1 is 1.24 bits per heavy atom. The number of carbonyl (C=O) groups is 2. The number of carbonyl (C=O) groups excluding carboxylic acids is 1. The molecule has 2 rings (SSSR count). The van der Waals surface area contributed by atoms with Gasteiger partial charge in [-0.05, 0) is 31.0 Å². The molecule has 8 heteroatoms. The largest absolute Gasteiger partial charge is 0.481 e. The summed E-state index contributed by atoms with van der Waals surface area (Å²) < 4.78 is 26.5. The molecule has 1 amide bonds. The van der Waals surface area contributed by atoms with Crippen molar-refractivity contribution < 1.29 is 23.1 Å². The topological polar surface area (TPSA) is 104 Å². The van der Waals surface area contributed by atoms with Crippen molar-refractivity contribution in [2.45, 2.75) is 44.0 Å².